The van der Waals surface area contributed by atoms with Crippen molar-refractivity contribution >= 4 is 25.6 Å². The smallest absolute Gasteiger partial charge is 0.254 e. The fourth-order valence-electron chi connectivity index (χ4n) is 2.46. The largest absolute Gasteiger partial charge is 0.335 e. The quantitative estimate of drug-likeness (QED) is 0.775. The molecule has 0 N–H and O–H groups in total. The summed E-state index contributed by atoms with van der Waals surface area (Å²) in [5.41, 5.74) is 1.04. The second kappa shape index (κ2) is 7.20. The normalized spacial score (nSPS) is 13.2. The summed E-state index contributed by atoms with van der Waals surface area (Å²) in [6, 6.07) is 11.9. The molecule has 8 heteroatoms. The number of hydrogen-bond acceptors (Lipinski definition) is 5. The summed E-state index contributed by atoms with van der Waals surface area (Å²) >= 11 is 0. The molecule has 0 radical (unpaired) electrons. The summed E-state index contributed by atoms with van der Waals surface area (Å²) < 4.78 is 46.4. The average Bonchev–Trinajstić information content (AvgIpc) is 2.58. The van der Waals surface area contributed by atoms with Crippen LogP contribution in [0.1, 0.15) is 28.9 Å². The Balaban J connectivity index is 2.28. The van der Waals surface area contributed by atoms with E-state index < -0.39 is 19.7 Å². The zero-order valence-corrected chi connectivity index (χ0v) is 16.6. The number of carbonyl (C=O) groups is 1. The van der Waals surface area contributed by atoms with Crippen LogP contribution in [-0.2, 0) is 19.7 Å². The van der Waals surface area contributed by atoms with E-state index in [9.17, 15) is 21.6 Å². The molecule has 0 saturated heterocycles. The topological polar surface area (TPSA) is 88.6 Å². The Hall–Kier alpha value is -2.19. The molecule has 2 aromatic rings. The molecular weight excluding hydrogens is 374 g/mol. The molecule has 0 aromatic heterocycles. The van der Waals surface area contributed by atoms with Crippen molar-refractivity contribution in [2.45, 2.75) is 22.8 Å². The molecule has 0 aliphatic carbocycles. The van der Waals surface area contributed by atoms with Gasteiger partial charge in [-0.1, -0.05) is 18.2 Å². The van der Waals surface area contributed by atoms with Gasteiger partial charge in [0, 0.05) is 25.1 Å². The number of rotatable bonds is 5. The minimum atomic E-state index is -3.40. The molecule has 140 valence electrons. The first-order valence-corrected chi connectivity index (χ1v) is 11.6. The Labute approximate surface area is 154 Å². The van der Waals surface area contributed by atoms with E-state index in [2.05, 4.69) is 0 Å². The average molecular weight is 396 g/mol. The molecular formula is C18H21NO5S2. The number of benzene rings is 2. The summed E-state index contributed by atoms with van der Waals surface area (Å²) in [4.78, 5) is 14.5. The zero-order chi connectivity index (χ0) is 19.7. The summed E-state index contributed by atoms with van der Waals surface area (Å²) in [6.07, 6.45) is 2.22. The van der Waals surface area contributed by atoms with Crippen LogP contribution in [0.5, 0.6) is 0 Å². The van der Waals surface area contributed by atoms with E-state index in [4.69, 9.17) is 0 Å². The first-order valence-electron chi connectivity index (χ1n) is 7.78. The van der Waals surface area contributed by atoms with E-state index in [1.165, 1.54) is 35.2 Å². The lowest BCUT2D eigenvalue weighted by molar-refractivity contribution is 0.0742. The minimum Gasteiger partial charge on any atom is -0.335 e. The molecule has 0 bridgehead atoms. The molecule has 0 spiro atoms. The van der Waals surface area contributed by atoms with Gasteiger partial charge in [0.15, 0.2) is 19.7 Å². The van der Waals surface area contributed by atoms with Gasteiger partial charge in [-0.25, -0.2) is 16.8 Å². The summed E-state index contributed by atoms with van der Waals surface area (Å²) in [5, 5.41) is 0. The third-order valence-corrected chi connectivity index (χ3v) is 6.44. The Bertz CT molecular complexity index is 1030. The molecule has 26 heavy (non-hydrogen) atoms. The fraction of sp³-hybridized carbons (Fsp3) is 0.278. The molecule has 0 fully saturated rings. The lowest BCUT2D eigenvalue weighted by Crippen LogP contribution is -2.29. The molecule has 1 amide bonds. The van der Waals surface area contributed by atoms with Crippen LogP contribution >= 0.6 is 0 Å². The van der Waals surface area contributed by atoms with Crippen molar-refractivity contribution in [2.75, 3.05) is 19.6 Å². The molecule has 1 unspecified atom stereocenters. The van der Waals surface area contributed by atoms with Crippen LogP contribution < -0.4 is 0 Å². The van der Waals surface area contributed by atoms with Crippen molar-refractivity contribution in [2.24, 2.45) is 0 Å². The van der Waals surface area contributed by atoms with Crippen molar-refractivity contribution in [1.82, 2.24) is 4.90 Å². The third-order valence-electron chi connectivity index (χ3n) is 4.20. The summed E-state index contributed by atoms with van der Waals surface area (Å²) in [7, 11) is -5.07. The van der Waals surface area contributed by atoms with Crippen molar-refractivity contribution in [3.8, 4) is 0 Å². The molecule has 2 aromatic carbocycles. The van der Waals surface area contributed by atoms with Crippen LogP contribution in [0.2, 0.25) is 0 Å². The first-order chi connectivity index (χ1) is 11.9. The highest BCUT2D eigenvalue weighted by molar-refractivity contribution is 7.91. The van der Waals surface area contributed by atoms with Crippen molar-refractivity contribution in [3.05, 3.63) is 59.7 Å². The predicted octanol–water partition coefficient (Wildman–Crippen LogP) is 2.33. The lowest BCUT2D eigenvalue weighted by Gasteiger charge is -2.25. The Kier molecular flexibility index (Phi) is 5.58. The Morgan fingerprint density at radius 2 is 1.42 bits per heavy atom. The Morgan fingerprint density at radius 1 is 0.885 bits per heavy atom. The molecule has 1 atom stereocenters. The van der Waals surface area contributed by atoms with E-state index in [0.717, 1.165) is 18.1 Å². The number of hydrogen-bond donors (Lipinski definition) is 0. The third kappa shape index (κ3) is 4.50. The van der Waals surface area contributed by atoms with E-state index >= 15 is 0 Å². The van der Waals surface area contributed by atoms with E-state index in [-0.39, 0.29) is 27.3 Å². The van der Waals surface area contributed by atoms with Crippen LogP contribution in [0.15, 0.2) is 58.3 Å². The monoisotopic (exact) mass is 395 g/mol. The second-order valence-corrected chi connectivity index (χ2v) is 10.3. The second-order valence-electron chi connectivity index (χ2n) is 6.23. The van der Waals surface area contributed by atoms with Gasteiger partial charge in [0.05, 0.1) is 15.8 Å². The van der Waals surface area contributed by atoms with E-state index in [0.29, 0.717) is 0 Å². The van der Waals surface area contributed by atoms with Gasteiger partial charge in [0.1, 0.15) is 0 Å². The summed E-state index contributed by atoms with van der Waals surface area (Å²) in [6.45, 7) is 1.81. The highest BCUT2D eigenvalue weighted by Crippen LogP contribution is 2.23. The SMILES string of the molecule is CC(c1ccc(S(C)(=O)=O)cc1)N(C)C(=O)c1cccc(S(C)(=O)=O)c1. The van der Waals surface area contributed by atoms with Gasteiger partial charge in [-0.05, 0) is 42.8 Å². The highest BCUT2D eigenvalue weighted by atomic mass is 32.2. The number of amides is 1. The van der Waals surface area contributed by atoms with Gasteiger partial charge < -0.3 is 4.90 Å². The van der Waals surface area contributed by atoms with Crippen molar-refractivity contribution in [1.29, 1.82) is 0 Å². The van der Waals surface area contributed by atoms with Crippen LogP contribution in [0.25, 0.3) is 0 Å². The molecule has 0 aliphatic rings. The van der Waals surface area contributed by atoms with Crippen LogP contribution in [0.3, 0.4) is 0 Å². The van der Waals surface area contributed by atoms with E-state index in [1.807, 2.05) is 6.92 Å². The van der Waals surface area contributed by atoms with E-state index in [1.54, 1.807) is 25.2 Å². The van der Waals surface area contributed by atoms with Gasteiger partial charge in [-0.15, -0.1) is 0 Å². The number of carbonyl (C=O) groups excluding carboxylic acids is 1. The molecule has 6 nitrogen and oxygen atoms in total. The van der Waals surface area contributed by atoms with Gasteiger partial charge in [-0.3, -0.25) is 4.79 Å². The Morgan fingerprint density at radius 3 is 1.92 bits per heavy atom. The predicted molar refractivity (Wildman–Crippen MR) is 99.6 cm³/mol. The fourth-order valence-corrected chi connectivity index (χ4v) is 3.75. The maximum Gasteiger partial charge on any atom is 0.254 e. The molecule has 0 saturated carbocycles. The van der Waals surface area contributed by atoms with Gasteiger partial charge in [0.25, 0.3) is 5.91 Å². The van der Waals surface area contributed by atoms with Crippen molar-refractivity contribution in [3.63, 3.8) is 0 Å². The van der Waals surface area contributed by atoms with Gasteiger partial charge in [0.2, 0.25) is 0 Å². The van der Waals surface area contributed by atoms with Crippen LogP contribution in [-0.4, -0.2) is 47.2 Å². The highest BCUT2D eigenvalue weighted by Gasteiger charge is 2.20. The maximum atomic E-state index is 12.7. The summed E-state index contributed by atoms with van der Waals surface area (Å²) in [5.74, 6) is -0.324. The van der Waals surface area contributed by atoms with Gasteiger partial charge in [-0.2, -0.15) is 0 Å². The van der Waals surface area contributed by atoms with Crippen LogP contribution in [0, 0.1) is 0 Å². The van der Waals surface area contributed by atoms with Gasteiger partial charge >= 0.3 is 0 Å². The first kappa shape index (κ1) is 20.1. The molecule has 2 rings (SSSR count). The maximum absolute atomic E-state index is 12.7. The standard InChI is InChI=1S/C18H21NO5S2/c1-13(14-8-10-16(11-9-14)25(3,21)22)19(2)18(20)15-6-5-7-17(12-15)26(4,23)24/h5-13H,1-4H3. The minimum absolute atomic E-state index is 0.0851. The van der Waals surface area contributed by atoms with Crippen molar-refractivity contribution < 1.29 is 21.6 Å². The number of sulfone groups is 2. The van der Waals surface area contributed by atoms with Crippen LogP contribution in [0.4, 0.5) is 0 Å². The lowest BCUT2D eigenvalue weighted by atomic mass is 10.1. The zero-order valence-electron chi connectivity index (χ0n) is 15.0. The molecule has 0 aliphatic heterocycles. The molecule has 0 heterocycles. The number of nitrogens with zero attached hydrogens (tertiary/aromatic N) is 1.